The van der Waals surface area contributed by atoms with Gasteiger partial charge in [-0.25, -0.2) is 4.79 Å². The number of carboxylic acids is 1. The summed E-state index contributed by atoms with van der Waals surface area (Å²) in [6, 6.07) is 12.8. The number of nitrogens with one attached hydrogen (secondary N) is 1. The molecule has 0 aliphatic heterocycles. The van der Waals surface area contributed by atoms with E-state index in [1.54, 1.807) is 17.8 Å². The smallest absolute Gasteiger partial charge is 0.326 e. The average molecular weight is 598 g/mol. The molecule has 7 heteroatoms. The quantitative estimate of drug-likeness (QED) is 0.191. The maximum absolute atomic E-state index is 13.4. The number of aryl methyl sites for hydroxylation is 1. The van der Waals surface area contributed by atoms with E-state index in [1.807, 2.05) is 49.6 Å². The molecular formula is C35H51NO5S. The lowest BCUT2D eigenvalue weighted by atomic mass is 9.85. The minimum Gasteiger partial charge on any atom is -0.480 e. The molecule has 6 nitrogen and oxygen atoms in total. The first-order valence-corrected chi connectivity index (χ1v) is 16.9. The molecule has 1 aliphatic carbocycles. The Morgan fingerprint density at radius 1 is 1.07 bits per heavy atom. The summed E-state index contributed by atoms with van der Waals surface area (Å²) in [5, 5.41) is 12.4. The summed E-state index contributed by atoms with van der Waals surface area (Å²) in [6.07, 6.45) is 10.8. The predicted octanol–water partition coefficient (Wildman–Crippen LogP) is 7.91. The molecule has 0 spiro atoms. The molecule has 2 aromatic rings. The third kappa shape index (κ3) is 11.4. The highest BCUT2D eigenvalue weighted by Gasteiger charge is 2.24. The number of amides is 1. The standard InChI is InChI=1S/C35H51NO5S/c1-25-11-9-10-14-29(25)31-22-27(15-16-30(31)33(37)36-32(34(38)39)17-20-42-5)23-41-28(21-26-12-7-6-8-13-26)24-40-19-18-35(2,3)4/h9-11,14-16,22,26,28,32H,6-8,12-13,17-21,23-24H2,1-5H3,(H,36,37)(H,38,39)/t28?,32-/m0/s1. The molecule has 0 heterocycles. The number of carbonyl (C=O) groups excluding carboxylic acids is 1. The highest BCUT2D eigenvalue weighted by Crippen LogP contribution is 2.31. The highest BCUT2D eigenvalue weighted by molar-refractivity contribution is 7.98. The molecule has 232 valence electrons. The van der Waals surface area contributed by atoms with Crippen LogP contribution in [0.5, 0.6) is 0 Å². The Labute approximate surface area is 257 Å². The Kier molecular flexibility index (Phi) is 13.9. The van der Waals surface area contributed by atoms with Gasteiger partial charge in [0, 0.05) is 12.2 Å². The van der Waals surface area contributed by atoms with Crippen LogP contribution in [0.3, 0.4) is 0 Å². The van der Waals surface area contributed by atoms with E-state index >= 15 is 0 Å². The summed E-state index contributed by atoms with van der Waals surface area (Å²) in [5.74, 6) is -0.0674. The molecule has 2 atom stereocenters. The van der Waals surface area contributed by atoms with E-state index in [1.165, 1.54) is 32.1 Å². The number of hydrogen-bond acceptors (Lipinski definition) is 5. The van der Waals surface area contributed by atoms with E-state index < -0.39 is 12.0 Å². The highest BCUT2D eigenvalue weighted by atomic mass is 32.2. The molecule has 0 bridgehead atoms. The van der Waals surface area contributed by atoms with Gasteiger partial charge in [0.2, 0.25) is 0 Å². The Morgan fingerprint density at radius 2 is 1.81 bits per heavy atom. The second-order valence-corrected chi connectivity index (χ2v) is 13.9. The first kappa shape index (κ1) is 34.1. The lowest BCUT2D eigenvalue weighted by Gasteiger charge is -2.27. The number of rotatable bonds is 16. The third-order valence-corrected chi connectivity index (χ3v) is 8.73. The van der Waals surface area contributed by atoms with Gasteiger partial charge in [-0.05, 0) is 83.9 Å². The molecule has 0 aromatic heterocycles. The van der Waals surface area contributed by atoms with E-state index in [2.05, 4.69) is 26.1 Å². The molecule has 3 rings (SSSR count). The number of ether oxygens (including phenoxy) is 2. The van der Waals surface area contributed by atoms with E-state index in [-0.39, 0.29) is 17.4 Å². The van der Waals surface area contributed by atoms with E-state index in [9.17, 15) is 14.7 Å². The Hall–Kier alpha value is -2.35. The second kappa shape index (κ2) is 17.1. The van der Waals surface area contributed by atoms with Gasteiger partial charge in [-0.1, -0.05) is 83.2 Å². The Balaban J connectivity index is 1.79. The van der Waals surface area contributed by atoms with Gasteiger partial charge in [-0.15, -0.1) is 0 Å². The van der Waals surface area contributed by atoms with Crippen LogP contribution in [0.25, 0.3) is 11.1 Å². The summed E-state index contributed by atoms with van der Waals surface area (Å²) >= 11 is 1.56. The van der Waals surface area contributed by atoms with Crippen LogP contribution >= 0.6 is 11.8 Å². The minimum absolute atomic E-state index is 0.0192. The first-order valence-electron chi connectivity index (χ1n) is 15.5. The van der Waals surface area contributed by atoms with Gasteiger partial charge in [0.1, 0.15) is 6.04 Å². The number of carbonyl (C=O) groups is 2. The van der Waals surface area contributed by atoms with Crippen molar-refractivity contribution in [1.82, 2.24) is 5.32 Å². The molecule has 0 saturated heterocycles. The van der Waals surface area contributed by atoms with Crippen LogP contribution in [0.4, 0.5) is 0 Å². The molecule has 1 unspecified atom stereocenters. The van der Waals surface area contributed by atoms with Gasteiger partial charge < -0.3 is 19.9 Å². The summed E-state index contributed by atoms with van der Waals surface area (Å²) in [5.41, 5.74) is 4.46. The normalized spacial score (nSPS) is 15.7. The van der Waals surface area contributed by atoms with Gasteiger partial charge in [0.25, 0.3) is 5.91 Å². The van der Waals surface area contributed by atoms with Crippen molar-refractivity contribution >= 4 is 23.6 Å². The minimum atomic E-state index is -1.02. The fraction of sp³-hybridized carbons (Fsp3) is 0.600. The summed E-state index contributed by atoms with van der Waals surface area (Å²) in [6.45, 7) is 10.4. The number of thioether (sulfide) groups is 1. The fourth-order valence-corrected chi connectivity index (χ4v) is 5.96. The van der Waals surface area contributed by atoms with Crippen molar-refractivity contribution in [1.29, 1.82) is 0 Å². The van der Waals surface area contributed by atoms with Gasteiger partial charge in [0.05, 0.1) is 19.3 Å². The van der Waals surface area contributed by atoms with Crippen LogP contribution in [-0.2, 0) is 20.9 Å². The molecule has 2 N–H and O–H groups in total. The summed E-state index contributed by atoms with van der Waals surface area (Å²) < 4.78 is 12.6. The lowest BCUT2D eigenvalue weighted by molar-refractivity contribution is -0.139. The number of benzene rings is 2. The monoisotopic (exact) mass is 597 g/mol. The van der Waals surface area contributed by atoms with Crippen LogP contribution in [0.15, 0.2) is 42.5 Å². The van der Waals surface area contributed by atoms with Crippen molar-refractivity contribution in [2.75, 3.05) is 25.2 Å². The van der Waals surface area contributed by atoms with Gasteiger partial charge >= 0.3 is 5.97 Å². The zero-order valence-corrected chi connectivity index (χ0v) is 27.1. The number of carboxylic acid groups (broad SMARTS) is 1. The Bertz CT molecular complexity index is 1140. The molecule has 1 saturated carbocycles. The molecule has 1 fully saturated rings. The van der Waals surface area contributed by atoms with Crippen molar-refractivity contribution in [3.63, 3.8) is 0 Å². The number of aliphatic carboxylic acids is 1. The largest absolute Gasteiger partial charge is 0.480 e. The number of hydrogen-bond donors (Lipinski definition) is 2. The first-order chi connectivity index (χ1) is 20.1. The maximum Gasteiger partial charge on any atom is 0.326 e. The second-order valence-electron chi connectivity index (χ2n) is 12.9. The van der Waals surface area contributed by atoms with Gasteiger partial charge in [-0.3, -0.25) is 4.79 Å². The van der Waals surface area contributed by atoms with Crippen LogP contribution < -0.4 is 5.32 Å². The van der Waals surface area contributed by atoms with Crippen LogP contribution in [0.1, 0.15) is 93.6 Å². The zero-order chi connectivity index (χ0) is 30.5. The SMILES string of the molecule is CSCC[C@H](NC(=O)c1ccc(COC(COCCC(C)(C)C)CC2CCCCC2)cc1-c1ccccc1C)C(=O)O. The molecule has 1 amide bonds. The van der Waals surface area contributed by atoms with Crippen LogP contribution in [0.2, 0.25) is 0 Å². The molecule has 2 aromatic carbocycles. The fourth-order valence-electron chi connectivity index (χ4n) is 5.49. The Morgan fingerprint density at radius 3 is 2.48 bits per heavy atom. The third-order valence-electron chi connectivity index (χ3n) is 8.08. The van der Waals surface area contributed by atoms with Gasteiger partial charge in [-0.2, -0.15) is 11.8 Å². The van der Waals surface area contributed by atoms with Crippen molar-refractivity contribution in [2.24, 2.45) is 11.3 Å². The summed E-state index contributed by atoms with van der Waals surface area (Å²) in [7, 11) is 0. The topological polar surface area (TPSA) is 84.9 Å². The van der Waals surface area contributed by atoms with E-state index in [0.29, 0.717) is 36.9 Å². The maximum atomic E-state index is 13.4. The van der Waals surface area contributed by atoms with Crippen molar-refractivity contribution in [3.8, 4) is 11.1 Å². The molecule has 42 heavy (non-hydrogen) atoms. The zero-order valence-electron chi connectivity index (χ0n) is 26.2. The van der Waals surface area contributed by atoms with Crippen molar-refractivity contribution < 1.29 is 24.2 Å². The lowest BCUT2D eigenvalue weighted by Crippen LogP contribution is -2.41. The van der Waals surface area contributed by atoms with E-state index in [0.717, 1.165) is 41.7 Å². The van der Waals surface area contributed by atoms with E-state index in [4.69, 9.17) is 9.47 Å². The molecular weight excluding hydrogens is 546 g/mol. The molecule has 0 radical (unpaired) electrons. The predicted molar refractivity (Wildman–Crippen MR) is 173 cm³/mol. The molecule has 1 aliphatic rings. The van der Waals surface area contributed by atoms with Crippen LogP contribution in [-0.4, -0.2) is 54.4 Å². The van der Waals surface area contributed by atoms with Crippen LogP contribution in [0, 0.1) is 18.3 Å². The van der Waals surface area contributed by atoms with Gasteiger partial charge in [0.15, 0.2) is 0 Å². The van der Waals surface area contributed by atoms with Crippen molar-refractivity contribution in [3.05, 3.63) is 59.2 Å². The average Bonchev–Trinajstić information content (AvgIpc) is 2.96. The summed E-state index contributed by atoms with van der Waals surface area (Å²) in [4.78, 5) is 25.2. The van der Waals surface area contributed by atoms with Crippen molar-refractivity contribution in [2.45, 2.75) is 97.8 Å².